The van der Waals surface area contributed by atoms with Gasteiger partial charge < -0.3 is 24.8 Å². The van der Waals surface area contributed by atoms with Crippen molar-refractivity contribution < 1.29 is 19.1 Å². The van der Waals surface area contributed by atoms with E-state index in [0.29, 0.717) is 23.9 Å². The van der Waals surface area contributed by atoms with Crippen LogP contribution in [0.5, 0.6) is 11.5 Å². The number of aromatic nitrogens is 2. The highest BCUT2D eigenvalue weighted by Crippen LogP contribution is 2.35. The van der Waals surface area contributed by atoms with E-state index in [9.17, 15) is 0 Å². The molecule has 1 unspecified atom stereocenters. The third kappa shape index (κ3) is 2.25. The smallest absolute Gasteiger partial charge is 0.246 e. The molecule has 2 heterocycles. The minimum atomic E-state index is -0.682. The number of hydrogen-bond acceptors (Lipinski definition) is 7. The van der Waals surface area contributed by atoms with E-state index in [2.05, 4.69) is 10.1 Å². The van der Waals surface area contributed by atoms with Gasteiger partial charge in [-0.3, -0.25) is 0 Å². The molecule has 7 nitrogen and oxygen atoms in total. The Morgan fingerprint density at radius 3 is 2.95 bits per heavy atom. The van der Waals surface area contributed by atoms with Gasteiger partial charge in [-0.1, -0.05) is 17.3 Å². The lowest BCUT2D eigenvalue weighted by Crippen LogP contribution is -2.23. The van der Waals surface area contributed by atoms with Crippen LogP contribution in [0.2, 0.25) is 0 Å². The van der Waals surface area contributed by atoms with Crippen LogP contribution in [0.4, 0.5) is 0 Å². The molecule has 0 radical (unpaired) electrons. The van der Waals surface area contributed by atoms with Crippen LogP contribution in [0.25, 0.3) is 0 Å². The zero-order valence-electron chi connectivity index (χ0n) is 10.0. The largest absolute Gasteiger partial charge is 0.485 e. The number of aliphatic hydroxyl groups excluding tert-OH is 1. The van der Waals surface area contributed by atoms with Crippen LogP contribution >= 0.6 is 0 Å². The predicted molar refractivity (Wildman–Crippen MR) is 63.6 cm³/mol. The van der Waals surface area contributed by atoms with Crippen molar-refractivity contribution in [3.63, 3.8) is 0 Å². The Kier molecular flexibility index (Phi) is 3.06. The van der Waals surface area contributed by atoms with Gasteiger partial charge >= 0.3 is 0 Å². The van der Waals surface area contributed by atoms with Gasteiger partial charge in [0.25, 0.3) is 0 Å². The summed E-state index contributed by atoms with van der Waals surface area (Å²) in [7, 11) is 0. The molecule has 2 aromatic rings. The summed E-state index contributed by atoms with van der Waals surface area (Å²) in [5.41, 5.74) is 5.60. The Morgan fingerprint density at radius 1 is 1.37 bits per heavy atom. The topological polar surface area (TPSA) is 104 Å². The van der Waals surface area contributed by atoms with E-state index in [1.807, 2.05) is 24.3 Å². The van der Waals surface area contributed by atoms with Gasteiger partial charge in [-0.25, -0.2) is 0 Å². The minimum Gasteiger partial charge on any atom is -0.485 e. The van der Waals surface area contributed by atoms with Crippen LogP contribution in [0.15, 0.2) is 28.8 Å². The molecule has 19 heavy (non-hydrogen) atoms. The monoisotopic (exact) mass is 263 g/mol. The second kappa shape index (κ2) is 4.87. The molecule has 7 heteroatoms. The van der Waals surface area contributed by atoms with Crippen molar-refractivity contribution in [1.29, 1.82) is 0 Å². The molecule has 3 N–H and O–H groups in total. The molecule has 3 rings (SSSR count). The first-order chi connectivity index (χ1) is 9.28. The van der Waals surface area contributed by atoms with Crippen LogP contribution in [-0.4, -0.2) is 28.5 Å². The zero-order valence-corrected chi connectivity index (χ0v) is 10.0. The molecule has 0 saturated heterocycles. The summed E-state index contributed by atoms with van der Waals surface area (Å²) in [6.07, 6.45) is -0.446. The summed E-state index contributed by atoms with van der Waals surface area (Å²) in [5, 5.41) is 12.7. The van der Waals surface area contributed by atoms with E-state index in [-0.39, 0.29) is 12.5 Å². The first-order valence-corrected chi connectivity index (χ1v) is 5.86. The number of hydrogen-bond donors (Lipinski definition) is 2. The SMILES string of the molecule is N[C@H](CO)c1nc(C2COc3ccccc3O2)no1. The quantitative estimate of drug-likeness (QED) is 0.834. The molecular formula is C12H13N3O4. The van der Waals surface area contributed by atoms with Gasteiger partial charge in [-0.15, -0.1) is 0 Å². The summed E-state index contributed by atoms with van der Waals surface area (Å²) >= 11 is 0. The summed E-state index contributed by atoms with van der Waals surface area (Å²) in [5.74, 6) is 1.86. The maximum absolute atomic E-state index is 8.93. The number of ether oxygens (including phenoxy) is 2. The molecular weight excluding hydrogens is 250 g/mol. The van der Waals surface area contributed by atoms with E-state index in [1.165, 1.54) is 0 Å². The molecule has 1 aliphatic rings. The van der Waals surface area contributed by atoms with Gasteiger partial charge in [0.15, 0.2) is 17.6 Å². The maximum atomic E-state index is 8.93. The van der Waals surface area contributed by atoms with Gasteiger partial charge in [-0.2, -0.15) is 4.98 Å². The molecule has 2 atom stereocenters. The summed E-state index contributed by atoms with van der Waals surface area (Å²) in [6.45, 7) is 0.0385. The van der Waals surface area contributed by atoms with Crippen molar-refractivity contribution in [1.82, 2.24) is 10.1 Å². The van der Waals surface area contributed by atoms with Crippen LogP contribution < -0.4 is 15.2 Å². The lowest BCUT2D eigenvalue weighted by molar-refractivity contribution is 0.0832. The van der Waals surface area contributed by atoms with E-state index in [0.717, 1.165) is 0 Å². The summed E-state index contributed by atoms with van der Waals surface area (Å²) < 4.78 is 16.3. The average Bonchev–Trinajstić information content (AvgIpc) is 2.95. The fraction of sp³-hybridized carbons (Fsp3) is 0.333. The highest BCUT2D eigenvalue weighted by Gasteiger charge is 2.27. The number of benzene rings is 1. The van der Waals surface area contributed by atoms with E-state index < -0.39 is 12.1 Å². The molecule has 0 aliphatic carbocycles. The molecule has 1 aromatic heterocycles. The van der Waals surface area contributed by atoms with Gasteiger partial charge in [0.1, 0.15) is 12.6 Å². The van der Waals surface area contributed by atoms with Crippen molar-refractivity contribution in [2.24, 2.45) is 5.73 Å². The summed E-state index contributed by atoms with van der Waals surface area (Å²) in [4.78, 5) is 4.11. The number of aliphatic hydroxyl groups is 1. The van der Waals surface area contributed by atoms with Crippen LogP contribution in [0.3, 0.4) is 0 Å². The van der Waals surface area contributed by atoms with E-state index in [1.54, 1.807) is 0 Å². The number of fused-ring (bicyclic) bond motifs is 1. The van der Waals surface area contributed by atoms with Gasteiger partial charge in [0, 0.05) is 0 Å². The lowest BCUT2D eigenvalue weighted by Gasteiger charge is -2.24. The van der Waals surface area contributed by atoms with Crippen LogP contribution in [-0.2, 0) is 0 Å². The van der Waals surface area contributed by atoms with Crippen molar-refractivity contribution in [2.45, 2.75) is 12.1 Å². The third-order valence-electron chi connectivity index (χ3n) is 2.77. The highest BCUT2D eigenvalue weighted by atomic mass is 16.6. The third-order valence-corrected chi connectivity index (χ3v) is 2.77. The van der Waals surface area contributed by atoms with E-state index >= 15 is 0 Å². The molecule has 1 aromatic carbocycles. The number of nitrogens with two attached hydrogens (primary N) is 1. The Balaban J connectivity index is 1.79. The number of nitrogens with zero attached hydrogens (tertiary/aromatic N) is 2. The Hall–Kier alpha value is -2.12. The van der Waals surface area contributed by atoms with Crippen molar-refractivity contribution in [2.75, 3.05) is 13.2 Å². The van der Waals surface area contributed by atoms with Crippen molar-refractivity contribution in [3.8, 4) is 11.5 Å². The predicted octanol–water partition coefficient (Wildman–Crippen LogP) is 0.574. The molecule has 0 saturated carbocycles. The van der Waals surface area contributed by atoms with Gasteiger partial charge in [0.05, 0.1) is 6.61 Å². The Labute approximate surface area is 108 Å². The molecule has 100 valence electrons. The Bertz CT molecular complexity index is 572. The normalized spacial score (nSPS) is 19.2. The lowest BCUT2D eigenvalue weighted by atomic mass is 10.2. The highest BCUT2D eigenvalue weighted by molar-refractivity contribution is 5.40. The molecule has 0 bridgehead atoms. The van der Waals surface area contributed by atoms with E-state index in [4.69, 9.17) is 24.8 Å². The van der Waals surface area contributed by atoms with Crippen molar-refractivity contribution >= 4 is 0 Å². The second-order valence-corrected chi connectivity index (χ2v) is 4.14. The zero-order chi connectivity index (χ0) is 13.2. The van der Waals surface area contributed by atoms with Crippen molar-refractivity contribution in [3.05, 3.63) is 36.0 Å². The number of para-hydroxylation sites is 2. The molecule has 0 fully saturated rings. The fourth-order valence-electron chi connectivity index (χ4n) is 1.75. The minimum absolute atomic E-state index is 0.181. The summed E-state index contributed by atoms with van der Waals surface area (Å²) in [6, 6.07) is 6.68. The number of rotatable bonds is 3. The van der Waals surface area contributed by atoms with Gasteiger partial charge in [-0.05, 0) is 12.1 Å². The van der Waals surface area contributed by atoms with Crippen LogP contribution in [0.1, 0.15) is 23.9 Å². The first kappa shape index (κ1) is 11.9. The fourth-order valence-corrected chi connectivity index (χ4v) is 1.75. The molecule has 0 spiro atoms. The molecule has 1 aliphatic heterocycles. The average molecular weight is 263 g/mol. The Morgan fingerprint density at radius 2 is 2.16 bits per heavy atom. The molecule has 0 amide bonds. The maximum Gasteiger partial charge on any atom is 0.246 e. The standard InChI is InChI=1S/C12H13N3O4/c13-7(5-16)12-14-11(15-19-12)10-6-17-8-3-1-2-4-9(8)18-10/h1-4,7,10,16H,5-6,13H2/t7-,10?/m1/s1. The first-order valence-electron chi connectivity index (χ1n) is 5.86. The van der Waals surface area contributed by atoms with Crippen LogP contribution in [0, 0.1) is 0 Å². The van der Waals surface area contributed by atoms with Gasteiger partial charge in [0.2, 0.25) is 11.7 Å². The second-order valence-electron chi connectivity index (χ2n) is 4.14.